The quantitative estimate of drug-likeness (QED) is 0.784. The van der Waals surface area contributed by atoms with E-state index in [0.29, 0.717) is 5.69 Å². The highest BCUT2D eigenvalue weighted by Gasteiger charge is 2.64. The fourth-order valence-corrected chi connectivity index (χ4v) is 2.80. The molecule has 1 aliphatic carbocycles. The average molecular weight is 363 g/mol. The van der Waals surface area contributed by atoms with E-state index in [1.807, 2.05) is 0 Å². The first-order valence-corrected chi connectivity index (χ1v) is 7.56. The Bertz CT molecular complexity index is 680. The Hall–Kier alpha value is -1.96. The molecule has 0 radical (unpaired) electrons. The van der Waals surface area contributed by atoms with E-state index in [9.17, 15) is 31.9 Å². The second kappa shape index (κ2) is 6.40. The molecule has 1 atom stereocenters. The molecule has 0 spiro atoms. The van der Waals surface area contributed by atoms with E-state index >= 15 is 0 Å². The van der Waals surface area contributed by atoms with Crippen molar-refractivity contribution in [3.05, 3.63) is 41.6 Å². The number of aliphatic hydroxyl groups excluding tert-OH is 1. The molecule has 0 amide bonds. The van der Waals surface area contributed by atoms with E-state index in [-0.39, 0.29) is 18.5 Å². The van der Waals surface area contributed by atoms with Gasteiger partial charge in [0.05, 0.1) is 0 Å². The lowest BCUT2D eigenvalue weighted by Crippen LogP contribution is -2.50. The van der Waals surface area contributed by atoms with Gasteiger partial charge >= 0.3 is 12.1 Å². The number of carbonyl (C=O) groups is 1. The van der Waals surface area contributed by atoms with Crippen LogP contribution >= 0.6 is 0 Å². The summed E-state index contributed by atoms with van der Waals surface area (Å²) in [5.74, 6) is -6.35. The number of benzene rings is 1. The Labute approximate surface area is 141 Å². The number of carbonyl (C=O) groups excluding carboxylic acids is 1. The van der Waals surface area contributed by atoms with Crippen LogP contribution in [0.25, 0.3) is 0 Å². The van der Waals surface area contributed by atoms with Crippen LogP contribution in [0.3, 0.4) is 0 Å². The molecule has 1 aromatic carbocycles. The smallest absolute Gasteiger partial charge is 0.381 e. The number of para-hydroxylation sites is 1. The number of ketones is 1. The predicted molar refractivity (Wildman–Crippen MR) is 82.1 cm³/mol. The number of hydrogen-bond acceptors (Lipinski definition) is 3. The van der Waals surface area contributed by atoms with Crippen LogP contribution in [0.15, 0.2) is 41.6 Å². The number of anilines is 1. The molecule has 8 heteroatoms. The van der Waals surface area contributed by atoms with E-state index in [1.54, 1.807) is 44.2 Å². The van der Waals surface area contributed by atoms with Gasteiger partial charge in [0.25, 0.3) is 0 Å². The van der Waals surface area contributed by atoms with Crippen molar-refractivity contribution in [2.75, 3.05) is 5.32 Å². The van der Waals surface area contributed by atoms with Crippen molar-refractivity contribution in [1.82, 2.24) is 0 Å². The van der Waals surface area contributed by atoms with Crippen LogP contribution in [0.5, 0.6) is 0 Å². The maximum absolute atomic E-state index is 13.6. The van der Waals surface area contributed by atoms with Crippen LogP contribution in [0.4, 0.5) is 27.6 Å². The first-order valence-electron chi connectivity index (χ1n) is 7.56. The van der Waals surface area contributed by atoms with E-state index in [0.717, 1.165) is 0 Å². The highest BCUT2D eigenvalue weighted by Crippen LogP contribution is 2.45. The van der Waals surface area contributed by atoms with Crippen LogP contribution < -0.4 is 5.32 Å². The van der Waals surface area contributed by atoms with Gasteiger partial charge in [-0.05, 0) is 24.0 Å². The van der Waals surface area contributed by atoms with Crippen molar-refractivity contribution in [3.63, 3.8) is 0 Å². The molecule has 2 N–H and O–H groups in total. The Kier molecular flexibility index (Phi) is 4.96. The lowest BCUT2D eigenvalue weighted by Gasteiger charge is -2.36. The number of hydrogen-bond donors (Lipinski definition) is 2. The standard InChI is InChI=1S/C17H18F5NO2/c1-15(2)8-11(23-10-6-4-3-5-7-10)13(12(24)9-15)14(25)16(18,19)17(20,21)22/h3-7,14,23,25H,8-9H2,1-2H3. The first kappa shape index (κ1) is 19.4. The molecule has 25 heavy (non-hydrogen) atoms. The molecule has 3 nitrogen and oxygen atoms in total. The summed E-state index contributed by atoms with van der Waals surface area (Å²) < 4.78 is 65.0. The summed E-state index contributed by atoms with van der Waals surface area (Å²) in [5.41, 5.74) is -1.25. The lowest BCUT2D eigenvalue weighted by atomic mass is 9.74. The number of aliphatic hydroxyl groups is 1. The van der Waals surface area contributed by atoms with Crippen molar-refractivity contribution in [3.8, 4) is 0 Å². The van der Waals surface area contributed by atoms with Crippen LogP contribution in [0.1, 0.15) is 26.7 Å². The number of nitrogens with one attached hydrogen (secondary N) is 1. The monoisotopic (exact) mass is 363 g/mol. The van der Waals surface area contributed by atoms with Crippen molar-refractivity contribution in [2.45, 2.75) is 44.9 Å². The normalized spacial score (nSPS) is 19.8. The van der Waals surface area contributed by atoms with Crippen LogP contribution in [-0.2, 0) is 4.79 Å². The second-order valence-electron chi connectivity index (χ2n) is 6.85. The van der Waals surface area contributed by atoms with Crippen molar-refractivity contribution >= 4 is 11.5 Å². The summed E-state index contributed by atoms with van der Waals surface area (Å²) in [6.45, 7) is 3.39. The molecule has 1 aliphatic rings. The fourth-order valence-electron chi connectivity index (χ4n) is 2.80. The Morgan fingerprint density at radius 2 is 1.64 bits per heavy atom. The van der Waals surface area contributed by atoms with Crippen LogP contribution in [0, 0.1) is 5.41 Å². The van der Waals surface area contributed by atoms with Crippen LogP contribution in [-0.4, -0.2) is 29.1 Å². The third kappa shape index (κ3) is 4.00. The maximum Gasteiger partial charge on any atom is 0.456 e. The van der Waals surface area contributed by atoms with Crippen molar-refractivity contribution in [1.29, 1.82) is 0 Å². The summed E-state index contributed by atoms with van der Waals surface area (Å²) in [6.07, 6.45) is -9.41. The highest BCUT2D eigenvalue weighted by molar-refractivity contribution is 5.99. The molecular weight excluding hydrogens is 345 g/mol. The molecule has 0 bridgehead atoms. The SMILES string of the molecule is CC1(C)CC(=O)C(C(O)C(F)(F)C(F)(F)F)=C(Nc2ccccc2)C1. The average Bonchev–Trinajstić information content (AvgIpc) is 2.45. The maximum atomic E-state index is 13.6. The van der Waals surface area contributed by atoms with Gasteiger partial charge in [0.15, 0.2) is 11.9 Å². The number of halogens is 5. The Balaban J connectivity index is 2.51. The second-order valence-corrected chi connectivity index (χ2v) is 6.85. The topological polar surface area (TPSA) is 49.3 Å². The van der Waals surface area contributed by atoms with E-state index in [1.165, 1.54) is 0 Å². The van der Waals surface area contributed by atoms with E-state index < -0.39 is 35.0 Å². The zero-order valence-electron chi connectivity index (χ0n) is 13.6. The number of rotatable bonds is 4. The predicted octanol–water partition coefficient (Wildman–Crippen LogP) is 4.30. The molecule has 0 saturated heterocycles. The lowest BCUT2D eigenvalue weighted by molar-refractivity contribution is -0.306. The minimum atomic E-state index is -5.97. The van der Waals surface area contributed by atoms with Gasteiger partial charge in [0.2, 0.25) is 0 Å². The molecule has 1 unspecified atom stereocenters. The van der Waals surface area contributed by atoms with Gasteiger partial charge in [-0.25, -0.2) is 0 Å². The van der Waals surface area contributed by atoms with Gasteiger partial charge in [-0.1, -0.05) is 32.0 Å². The van der Waals surface area contributed by atoms with Crippen LogP contribution in [0.2, 0.25) is 0 Å². The molecule has 138 valence electrons. The minimum Gasteiger partial charge on any atom is -0.381 e. The van der Waals surface area contributed by atoms with Gasteiger partial charge in [-0.15, -0.1) is 0 Å². The molecule has 0 heterocycles. The summed E-state index contributed by atoms with van der Waals surface area (Å²) in [7, 11) is 0. The van der Waals surface area contributed by atoms with Gasteiger partial charge in [-0.3, -0.25) is 4.79 Å². The highest BCUT2D eigenvalue weighted by atomic mass is 19.4. The number of alkyl halides is 5. The molecule has 0 aromatic heterocycles. The molecular formula is C17H18F5NO2. The zero-order chi connectivity index (χ0) is 19.0. The number of Topliss-reactive ketones (excluding diaryl/α,β-unsaturated/α-hetero) is 1. The third-order valence-electron chi connectivity index (χ3n) is 3.98. The van der Waals surface area contributed by atoms with Gasteiger partial charge < -0.3 is 10.4 Å². The van der Waals surface area contributed by atoms with E-state index in [4.69, 9.17) is 0 Å². The van der Waals surface area contributed by atoms with Gasteiger partial charge in [-0.2, -0.15) is 22.0 Å². The van der Waals surface area contributed by atoms with E-state index in [2.05, 4.69) is 5.32 Å². The first-order chi connectivity index (χ1) is 11.3. The Morgan fingerprint density at radius 3 is 2.16 bits per heavy atom. The van der Waals surface area contributed by atoms with Gasteiger partial charge in [0.1, 0.15) is 0 Å². The number of allylic oxidation sites excluding steroid dienone is 1. The summed E-state index contributed by atoms with van der Waals surface area (Å²) in [5, 5.41) is 12.5. The van der Waals surface area contributed by atoms with Crippen molar-refractivity contribution < 1.29 is 31.9 Å². The summed E-state index contributed by atoms with van der Waals surface area (Å²) in [6, 6.07) is 8.12. The third-order valence-corrected chi connectivity index (χ3v) is 3.98. The molecule has 1 aromatic rings. The Morgan fingerprint density at radius 1 is 1.08 bits per heavy atom. The largest absolute Gasteiger partial charge is 0.456 e. The fraction of sp³-hybridized carbons (Fsp3) is 0.471. The minimum absolute atomic E-state index is 0.0496. The van der Waals surface area contributed by atoms with Gasteiger partial charge in [0, 0.05) is 23.4 Å². The summed E-state index contributed by atoms with van der Waals surface area (Å²) in [4.78, 5) is 12.3. The molecule has 0 aliphatic heterocycles. The summed E-state index contributed by atoms with van der Waals surface area (Å²) >= 11 is 0. The van der Waals surface area contributed by atoms with Crippen molar-refractivity contribution in [2.24, 2.45) is 5.41 Å². The molecule has 0 fully saturated rings. The molecule has 2 rings (SSSR count). The zero-order valence-corrected chi connectivity index (χ0v) is 13.6. The molecule has 0 saturated carbocycles.